The lowest BCUT2D eigenvalue weighted by atomic mass is 9.95. The second kappa shape index (κ2) is 8.92. The topological polar surface area (TPSA) is 20.2 Å². The van der Waals surface area contributed by atoms with Crippen molar-refractivity contribution in [1.29, 1.82) is 0 Å². The van der Waals surface area contributed by atoms with Crippen molar-refractivity contribution in [2.24, 2.45) is 0 Å². The Hall–Kier alpha value is -1.24. The Kier molecular flexibility index (Phi) is 6.85. The molecule has 0 spiro atoms. The Morgan fingerprint density at radius 2 is 1.76 bits per heavy atom. The summed E-state index contributed by atoms with van der Waals surface area (Å²) in [5.74, 6) is 0.617. The molecule has 1 aliphatic rings. The number of rotatable bonds is 8. The van der Waals surface area contributed by atoms with E-state index in [4.69, 9.17) is 5.11 Å². The van der Waals surface area contributed by atoms with E-state index in [1.165, 1.54) is 74.3 Å². The summed E-state index contributed by atoms with van der Waals surface area (Å²) in [7, 11) is 0. The van der Waals surface area contributed by atoms with Gasteiger partial charge in [0.2, 0.25) is 0 Å². The fourth-order valence-electron chi connectivity index (χ4n) is 3.35. The molecular formula is C20H30O. The number of hydrogen-bond acceptors (Lipinski definition) is 1. The van der Waals surface area contributed by atoms with E-state index in [-0.39, 0.29) is 0 Å². The quantitative estimate of drug-likeness (QED) is 0.439. The van der Waals surface area contributed by atoms with E-state index in [0.29, 0.717) is 5.92 Å². The van der Waals surface area contributed by atoms with E-state index in [1.54, 1.807) is 0 Å². The molecule has 1 aromatic carbocycles. The van der Waals surface area contributed by atoms with Crippen molar-refractivity contribution >= 4 is 0 Å². The van der Waals surface area contributed by atoms with Crippen molar-refractivity contribution in [3.05, 3.63) is 47.2 Å². The molecule has 0 aromatic heterocycles. The number of allylic oxidation sites excluding steroid dienone is 1. The molecule has 1 unspecified atom stereocenters. The van der Waals surface area contributed by atoms with Crippen LogP contribution in [0.15, 0.2) is 36.1 Å². The van der Waals surface area contributed by atoms with Crippen molar-refractivity contribution in [2.75, 3.05) is 0 Å². The lowest BCUT2D eigenvalue weighted by Crippen LogP contribution is -1.93. The monoisotopic (exact) mass is 286 g/mol. The third kappa shape index (κ3) is 5.22. The highest BCUT2D eigenvalue weighted by Crippen LogP contribution is 2.37. The van der Waals surface area contributed by atoms with Gasteiger partial charge >= 0.3 is 0 Å². The summed E-state index contributed by atoms with van der Waals surface area (Å²) in [4.78, 5) is 0. The van der Waals surface area contributed by atoms with E-state index in [0.717, 1.165) is 12.8 Å². The maximum atomic E-state index is 9.09. The summed E-state index contributed by atoms with van der Waals surface area (Å²) in [6.45, 7) is 2.27. The van der Waals surface area contributed by atoms with Crippen molar-refractivity contribution < 1.29 is 5.11 Å². The molecule has 0 saturated heterocycles. The van der Waals surface area contributed by atoms with Gasteiger partial charge in [-0.1, -0.05) is 63.3 Å². The van der Waals surface area contributed by atoms with Crippen LogP contribution in [-0.2, 0) is 6.42 Å². The predicted molar refractivity (Wildman–Crippen MR) is 90.8 cm³/mol. The van der Waals surface area contributed by atoms with Crippen LogP contribution in [0.2, 0.25) is 0 Å². The van der Waals surface area contributed by atoms with Crippen molar-refractivity contribution in [3.63, 3.8) is 0 Å². The van der Waals surface area contributed by atoms with Crippen LogP contribution in [0.4, 0.5) is 0 Å². The van der Waals surface area contributed by atoms with Gasteiger partial charge in [-0.3, -0.25) is 0 Å². The van der Waals surface area contributed by atoms with Gasteiger partial charge in [0.1, 0.15) is 0 Å². The Balaban J connectivity index is 1.72. The Morgan fingerprint density at radius 3 is 2.43 bits per heavy atom. The van der Waals surface area contributed by atoms with E-state index in [2.05, 4.69) is 31.2 Å². The first kappa shape index (κ1) is 16.1. The van der Waals surface area contributed by atoms with Crippen LogP contribution in [0.5, 0.6) is 0 Å². The van der Waals surface area contributed by atoms with Crippen LogP contribution in [0.1, 0.15) is 81.8 Å². The number of aliphatic hydroxyl groups excluding tert-OH is 1. The highest BCUT2D eigenvalue weighted by Gasteiger charge is 2.20. The minimum absolute atomic E-state index is 0.617. The molecule has 1 saturated carbocycles. The van der Waals surface area contributed by atoms with E-state index in [9.17, 15) is 0 Å². The average molecular weight is 286 g/mol. The van der Waals surface area contributed by atoms with Crippen molar-refractivity contribution in [2.45, 2.75) is 77.0 Å². The standard InChI is InChI=1S/C20H30O/c1-2-3-4-5-6-7-8-17-9-12-19(13-10-17)20-14-11-18(15-20)16-21/h9-10,12-13,16,20-21H,2-8,11,14-15H2,1H3/b18-16-. The highest BCUT2D eigenvalue weighted by atomic mass is 16.2. The number of hydrogen-bond donors (Lipinski definition) is 1. The molecule has 0 aliphatic heterocycles. The smallest absolute Gasteiger partial charge is 0.0783 e. The number of aliphatic hydroxyl groups is 1. The zero-order chi connectivity index (χ0) is 14.9. The van der Waals surface area contributed by atoms with Gasteiger partial charge < -0.3 is 5.11 Å². The number of aryl methyl sites for hydroxylation is 1. The summed E-state index contributed by atoms with van der Waals surface area (Å²) in [6, 6.07) is 9.22. The van der Waals surface area contributed by atoms with Gasteiger partial charge in [0.05, 0.1) is 6.26 Å². The van der Waals surface area contributed by atoms with Crippen LogP contribution in [-0.4, -0.2) is 5.11 Å². The molecule has 1 heteroatoms. The second-order valence-corrected chi connectivity index (χ2v) is 6.49. The van der Waals surface area contributed by atoms with Crippen LogP contribution >= 0.6 is 0 Å². The van der Waals surface area contributed by atoms with Gasteiger partial charge in [-0.05, 0) is 54.7 Å². The third-order valence-electron chi connectivity index (χ3n) is 4.78. The van der Waals surface area contributed by atoms with Gasteiger partial charge in [-0.2, -0.15) is 0 Å². The average Bonchev–Trinajstić information content (AvgIpc) is 3.00. The van der Waals surface area contributed by atoms with Crippen LogP contribution in [0.25, 0.3) is 0 Å². The van der Waals surface area contributed by atoms with Gasteiger partial charge in [0.15, 0.2) is 0 Å². The molecule has 0 radical (unpaired) electrons. The van der Waals surface area contributed by atoms with E-state index in [1.807, 2.05) is 0 Å². The van der Waals surface area contributed by atoms with Crippen molar-refractivity contribution in [1.82, 2.24) is 0 Å². The first-order valence-corrected chi connectivity index (χ1v) is 8.74. The minimum atomic E-state index is 0.617. The van der Waals surface area contributed by atoms with Gasteiger partial charge in [0, 0.05) is 0 Å². The van der Waals surface area contributed by atoms with Crippen LogP contribution in [0, 0.1) is 0 Å². The number of unbranched alkanes of at least 4 members (excludes halogenated alkanes) is 5. The molecule has 1 atom stereocenters. The summed E-state index contributed by atoms with van der Waals surface area (Å²) in [5.41, 5.74) is 4.12. The zero-order valence-electron chi connectivity index (χ0n) is 13.5. The Labute approximate surface area is 130 Å². The highest BCUT2D eigenvalue weighted by molar-refractivity contribution is 5.28. The molecule has 2 rings (SSSR count). The van der Waals surface area contributed by atoms with Gasteiger partial charge in [0.25, 0.3) is 0 Å². The third-order valence-corrected chi connectivity index (χ3v) is 4.78. The molecule has 1 N–H and O–H groups in total. The molecule has 1 fully saturated rings. The fraction of sp³-hybridized carbons (Fsp3) is 0.600. The van der Waals surface area contributed by atoms with E-state index >= 15 is 0 Å². The maximum absolute atomic E-state index is 9.09. The molecule has 21 heavy (non-hydrogen) atoms. The molecule has 0 bridgehead atoms. The van der Waals surface area contributed by atoms with Crippen LogP contribution in [0.3, 0.4) is 0 Å². The first-order chi connectivity index (χ1) is 10.3. The molecular weight excluding hydrogens is 256 g/mol. The molecule has 116 valence electrons. The largest absolute Gasteiger partial charge is 0.516 e. The SMILES string of the molecule is CCCCCCCCc1ccc(C2CC/C(=C/O)C2)cc1. The normalized spacial score (nSPS) is 20.2. The lowest BCUT2D eigenvalue weighted by Gasteiger charge is -2.10. The zero-order valence-corrected chi connectivity index (χ0v) is 13.5. The second-order valence-electron chi connectivity index (χ2n) is 6.49. The van der Waals surface area contributed by atoms with E-state index < -0.39 is 0 Å². The predicted octanol–water partition coefficient (Wildman–Crippen LogP) is 6.30. The fourth-order valence-corrected chi connectivity index (χ4v) is 3.35. The summed E-state index contributed by atoms with van der Waals surface area (Å²) < 4.78 is 0. The minimum Gasteiger partial charge on any atom is -0.516 e. The van der Waals surface area contributed by atoms with Crippen LogP contribution < -0.4 is 0 Å². The Bertz CT molecular complexity index is 430. The molecule has 1 nitrogen and oxygen atoms in total. The van der Waals surface area contributed by atoms with Crippen molar-refractivity contribution in [3.8, 4) is 0 Å². The molecule has 1 aromatic rings. The summed E-state index contributed by atoms with van der Waals surface area (Å²) in [6.07, 6.45) is 14.0. The summed E-state index contributed by atoms with van der Waals surface area (Å²) >= 11 is 0. The first-order valence-electron chi connectivity index (χ1n) is 8.74. The molecule has 1 aliphatic carbocycles. The molecule has 0 amide bonds. The van der Waals surface area contributed by atoms with Gasteiger partial charge in [-0.15, -0.1) is 0 Å². The lowest BCUT2D eigenvalue weighted by molar-refractivity contribution is 0.464. The van der Waals surface area contributed by atoms with Gasteiger partial charge in [-0.25, -0.2) is 0 Å². The molecule has 0 heterocycles. The Morgan fingerprint density at radius 1 is 1.05 bits per heavy atom. The summed E-state index contributed by atoms with van der Waals surface area (Å²) in [5, 5.41) is 9.09. The number of benzene rings is 1. The maximum Gasteiger partial charge on any atom is 0.0783 e.